The quantitative estimate of drug-likeness (QED) is 0.662. The van der Waals surface area contributed by atoms with Crippen LogP contribution >= 0.6 is 0 Å². The van der Waals surface area contributed by atoms with Crippen LogP contribution in [0.3, 0.4) is 0 Å². The average Bonchev–Trinajstić information content (AvgIpc) is 2.92. The van der Waals surface area contributed by atoms with Gasteiger partial charge in [-0.2, -0.15) is 0 Å². The van der Waals surface area contributed by atoms with Crippen LogP contribution < -0.4 is 5.32 Å². The molecule has 1 N–H and O–H groups in total. The highest BCUT2D eigenvalue weighted by Crippen LogP contribution is 2.56. The topological polar surface area (TPSA) is 12.0 Å². The normalized spacial score (nSPS) is 34.0. The third-order valence-corrected chi connectivity index (χ3v) is 4.05. The zero-order valence-corrected chi connectivity index (χ0v) is 7.81. The molecule has 0 amide bonds. The van der Waals surface area contributed by atoms with Gasteiger partial charge in [0.25, 0.3) is 0 Å². The number of hydrogen-bond donors (Lipinski definition) is 1. The molecule has 0 aromatic carbocycles. The second-order valence-corrected chi connectivity index (χ2v) is 5.22. The first-order valence-electron chi connectivity index (χ1n) is 5.62. The lowest BCUT2D eigenvalue weighted by Gasteiger charge is -2.29. The van der Waals surface area contributed by atoms with Crippen molar-refractivity contribution in [2.75, 3.05) is 0 Å². The molecule has 3 aliphatic rings. The molecule has 3 rings (SSSR count). The van der Waals surface area contributed by atoms with Gasteiger partial charge in [-0.05, 0) is 56.8 Å². The van der Waals surface area contributed by atoms with Crippen molar-refractivity contribution in [3.05, 3.63) is 0 Å². The highest BCUT2D eigenvalue weighted by atomic mass is 15.0. The first-order chi connectivity index (χ1) is 5.86. The zero-order chi connectivity index (χ0) is 8.02. The minimum absolute atomic E-state index is 0.877. The SMILES string of the molecule is C1CC1NC1CCC2(CC1)CC2. The monoisotopic (exact) mass is 165 g/mol. The second kappa shape index (κ2) is 2.47. The van der Waals surface area contributed by atoms with E-state index >= 15 is 0 Å². The van der Waals surface area contributed by atoms with Crippen LogP contribution in [0, 0.1) is 5.41 Å². The molecular formula is C11H19N. The molecule has 3 fully saturated rings. The maximum absolute atomic E-state index is 3.76. The fourth-order valence-electron chi connectivity index (χ4n) is 2.66. The molecule has 0 aromatic rings. The number of rotatable bonds is 2. The minimum Gasteiger partial charge on any atom is -0.311 e. The van der Waals surface area contributed by atoms with Gasteiger partial charge in [0, 0.05) is 12.1 Å². The lowest BCUT2D eigenvalue weighted by molar-refractivity contribution is 0.273. The van der Waals surface area contributed by atoms with Crippen molar-refractivity contribution in [1.82, 2.24) is 5.32 Å². The van der Waals surface area contributed by atoms with E-state index in [4.69, 9.17) is 0 Å². The Hall–Kier alpha value is -0.0400. The van der Waals surface area contributed by atoms with Crippen molar-refractivity contribution < 1.29 is 0 Å². The van der Waals surface area contributed by atoms with Gasteiger partial charge in [-0.3, -0.25) is 0 Å². The lowest BCUT2D eigenvalue weighted by Crippen LogP contribution is -2.34. The Balaban J connectivity index is 1.49. The number of nitrogens with one attached hydrogen (secondary N) is 1. The fraction of sp³-hybridized carbons (Fsp3) is 1.00. The van der Waals surface area contributed by atoms with Crippen molar-refractivity contribution >= 4 is 0 Å². The molecule has 3 saturated carbocycles. The molecule has 68 valence electrons. The number of hydrogen-bond acceptors (Lipinski definition) is 1. The summed E-state index contributed by atoms with van der Waals surface area (Å²) in [6.45, 7) is 0. The van der Waals surface area contributed by atoms with Gasteiger partial charge in [-0.15, -0.1) is 0 Å². The summed E-state index contributed by atoms with van der Waals surface area (Å²) in [5.41, 5.74) is 0.877. The van der Waals surface area contributed by atoms with Crippen LogP contribution in [0.5, 0.6) is 0 Å². The summed E-state index contributed by atoms with van der Waals surface area (Å²) in [4.78, 5) is 0. The Kier molecular flexibility index (Phi) is 1.52. The Morgan fingerprint density at radius 3 is 1.83 bits per heavy atom. The fourth-order valence-corrected chi connectivity index (χ4v) is 2.66. The van der Waals surface area contributed by atoms with Gasteiger partial charge >= 0.3 is 0 Å². The Morgan fingerprint density at radius 1 is 0.750 bits per heavy atom. The van der Waals surface area contributed by atoms with Gasteiger partial charge in [0.05, 0.1) is 0 Å². The van der Waals surface area contributed by atoms with Crippen LogP contribution in [0.1, 0.15) is 51.4 Å². The summed E-state index contributed by atoms with van der Waals surface area (Å²) in [5, 5.41) is 3.76. The molecule has 12 heavy (non-hydrogen) atoms. The first kappa shape index (κ1) is 7.37. The molecule has 0 aromatic heterocycles. The van der Waals surface area contributed by atoms with E-state index in [1.807, 2.05) is 0 Å². The molecule has 0 unspecified atom stereocenters. The lowest BCUT2D eigenvalue weighted by atomic mass is 9.83. The van der Waals surface area contributed by atoms with Gasteiger partial charge in [-0.25, -0.2) is 0 Å². The molecule has 1 spiro atoms. The van der Waals surface area contributed by atoms with Gasteiger partial charge in [-0.1, -0.05) is 0 Å². The molecule has 0 aliphatic heterocycles. The molecule has 0 bridgehead atoms. The molecule has 0 saturated heterocycles. The van der Waals surface area contributed by atoms with Crippen LogP contribution in [0.15, 0.2) is 0 Å². The van der Waals surface area contributed by atoms with Crippen LogP contribution in [-0.2, 0) is 0 Å². The van der Waals surface area contributed by atoms with Gasteiger partial charge < -0.3 is 5.32 Å². The second-order valence-electron chi connectivity index (χ2n) is 5.22. The van der Waals surface area contributed by atoms with Gasteiger partial charge in [0.15, 0.2) is 0 Å². The van der Waals surface area contributed by atoms with Crippen molar-refractivity contribution in [2.24, 2.45) is 5.41 Å². The van der Waals surface area contributed by atoms with E-state index in [0.29, 0.717) is 0 Å². The van der Waals surface area contributed by atoms with Gasteiger partial charge in [0.1, 0.15) is 0 Å². The van der Waals surface area contributed by atoms with E-state index < -0.39 is 0 Å². The maximum Gasteiger partial charge on any atom is 0.00708 e. The average molecular weight is 165 g/mol. The first-order valence-corrected chi connectivity index (χ1v) is 5.62. The largest absolute Gasteiger partial charge is 0.311 e. The molecule has 0 atom stereocenters. The van der Waals surface area contributed by atoms with E-state index in [0.717, 1.165) is 17.5 Å². The Labute approximate surface area is 74.9 Å². The molecule has 1 heteroatoms. The predicted molar refractivity (Wildman–Crippen MR) is 50.1 cm³/mol. The summed E-state index contributed by atoms with van der Waals surface area (Å²) in [7, 11) is 0. The summed E-state index contributed by atoms with van der Waals surface area (Å²) in [6.07, 6.45) is 12.0. The highest BCUT2D eigenvalue weighted by Gasteiger charge is 2.45. The summed E-state index contributed by atoms with van der Waals surface area (Å²) in [6, 6.07) is 1.81. The molecule has 1 nitrogen and oxygen atoms in total. The summed E-state index contributed by atoms with van der Waals surface area (Å²) >= 11 is 0. The van der Waals surface area contributed by atoms with Crippen molar-refractivity contribution in [2.45, 2.75) is 63.5 Å². The van der Waals surface area contributed by atoms with E-state index in [1.165, 1.54) is 38.5 Å². The van der Waals surface area contributed by atoms with E-state index in [2.05, 4.69) is 5.32 Å². The van der Waals surface area contributed by atoms with E-state index in [9.17, 15) is 0 Å². The molecular weight excluding hydrogens is 146 g/mol. The van der Waals surface area contributed by atoms with Crippen molar-refractivity contribution in [3.63, 3.8) is 0 Å². The summed E-state index contributed by atoms with van der Waals surface area (Å²) < 4.78 is 0. The van der Waals surface area contributed by atoms with Crippen LogP contribution in [0.4, 0.5) is 0 Å². The maximum atomic E-state index is 3.76. The standard InChI is InChI=1S/C11H19N/c1-2-9(1)12-10-3-5-11(6-4-10)7-8-11/h9-10,12H,1-8H2. The highest BCUT2D eigenvalue weighted by molar-refractivity contribution is 4.98. The minimum atomic E-state index is 0.877. The molecule has 0 radical (unpaired) electrons. The molecule has 0 heterocycles. The Morgan fingerprint density at radius 2 is 1.33 bits per heavy atom. The van der Waals surface area contributed by atoms with Crippen molar-refractivity contribution in [3.8, 4) is 0 Å². The van der Waals surface area contributed by atoms with Gasteiger partial charge in [0.2, 0.25) is 0 Å². The van der Waals surface area contributed by atoms with Crippen molar-refractivity contribution in [1.29, 1.82) is 0 Å². The van der Waals surface area contributed by atoms with Crippen LogP contribution in [0.25, 0.3) is 0 Å². The Bertz CT molecular complexity index is 169. The summed E-state index contributed by atoms with van der Waals surface area (Å²) in [5.74, 6) is 0. The predicted octanol–water partition coefficient (Wildman–Crippen LogP) is 2.46. The zero-order valence-electron chi connectivity index (χ0n) is 7.81. The van der Waals surface area contributed by atoms with Crippen LogP contribution in [0.2, 0.25) is 0 Å². The van der Waals surface area contributed by atoms with E-state index in [1.54, 1.807) is 12.8 Å². The third-order valence-electron chi connectivity index (χ3n) is 4.05. The smallest absolute Gasteiger partial charge is 0.00708 e. The van der Waals surface area contributed by atoms with Crippen LogP contribution in [-0.4, -0.2) is 12.1 Å². The van der Waals surface area contributed by atoms with E-state index in [-0.39, 0.29) is 0 Å². The molecule has 3 aliphatic carbocycles. The third kappa shape index (κ3) is 1.39.